The van der Waals surface area contributed by atoms with Crippen LogP contribution in [0, 0.1) is 13.8 Å². The zero-order valence-electron chi connectivity index (χ0n) is 17.1. The molecule has 0 aliphatic heterocycles. The Morgan fingerprint density at radius 1 is 1.03 bits per heavy atom. The van der Waals surface area contributed by atoms with Crippen LogP contribution in [0.4, 0.5) is 0 Å². The molecule has 0 unspecified atom stereocenters. The van der Waals surface area contributed by atoms with Gasteiger partial charge in [0.2, 0.25) is 0 Å². The first-order valence-electron chi connectivity index (χ1n) is 9.54. The van der Waals surface area contributed by atoms with Crippen molar-refractivity contribution in [1.82, 2.24) is 29.2 Å². The summed E-state index contributed by atoms with van der Waals surface area (Å²) in [5.41, 5.74) is 5.64. The van der Waals surface area contributed by atoms with Crippen molar-refractivity contribution in [3.63, 3.8) is 0 Å². The average molecular weight is 388 g/mol. The number of rotatable bonds is 5. The van der Waals surface area contributed by atoms with Crippen molar-refractivity contribution in [3.8, 4) is 0 Å². The number of amides is 1. The topological polar surface area (TPSA) is 68.8 Å². The highest BCUT2D eigenvalue weighted by molar-refractivity contribution is 5.94. The van der Waals surface area contributed by atoms with Crippen molar-refractivity contribution in [2.75, 3.05) is 0 Å². The Labute approximate surface area is 169 Å². The Morgan fingerprint density at radius 2 is 1.76 bits per heavy atom. The number of hydrogen-bond acceptors (Lipinski definition) is 4. The van der Waals surface area contributed by atoms with Crippen LogP contribution in [0.15, 0.2) is 48.8 Å². The summed E-state index contributed by atoms with van der Waals surface area (Å²) in [6, 6.07) is 11.5. The maximum Gasteiger partial charge on any atom is 0.254 e. The van der Waals surface area contributed by atoms with E-state index in [1.54, 1.807) is 24.5 Å². The summed E-state index contributed by atoms with van der Waals surface area (Å²) >= 11 is 0. The molecule has 0 atom stereocenters. The Morgan fingerprint density at radius 3 is 2.41 bits per heavy atom. The number of benzene rings is 1. The number of carbonyl (C=O) groups excluding carboxylic acids is 1. The molecule has 1 amide bonds. The van der Waals surface area contributed by atoms with Crippen LogP contribution in [-0.4, -0.2) is 35.1 Å². The molecule has 7 nitrogen and oxygen atoms in total. The molecule has 0 fully saturated rings. The van der Waals surface area contributed by atoms with Crippen LogP contribution in [0.2, 0.25) is 0 Å². The van der Waals surface area contributed by atoms with Crippen molar-refractivity contribution in [1.29, 1.82) is 0 Å². The fourth-order valence-electron chi connectivity index (χ4n) is 3.62. The summed E-state index contributed by atoms with van der Waals surface area (Å²) in [5, 5.41) is 4.50. The molecule has 0 saturated heterocycles. The van der Waals surface area contributed by atoms with Gasteiger partial charge in [0.1, 0.15) is 5.82 Å². The first-order valence-corrected chi connectivity index (χ1v) is 9.54. The lowest BCUT2D eigenvalue weighted by atomic mass is 10.1. The second-order valence-electron chi connectivity index (χ2n) is 7.25. The second-order valence-corrected chi connectivity index (χ2v) is 7.25. The molecule has 1 aromatic carbocycles. The summed E-state index contributed by atoms with van der Waals surface area (Å²) < 4.78 is 3.90. The normalized spacial score (nSPS) is 11.2. The fourth-order valence-corrected chi connectivity index (χ4v) is 3.62. The third-order valence-corrected chi connectivity index (χ3v) is 5.43. The lowest BCUT2D eigenvalue weighted by molar-refractivity contribution is 0.0723. The smallest absolute Gasteiger partial charge is 0.254 e. The Bertz CT molecular complexity index is 1170. The second kappa shape index (κ2) is 7.50. The van der Waals surface area contributed by atoms with Crippen LogP contribution in [-0.2, 0) is 27.2 Å². The molecular weight excluding hydrogens is 364 g/mol. The maximum atomic E-state index is 13.3. The Balaban J connectivity index is 1.73. The number of imidazole rings is 1. The van der Waals surface area contributed by atoms with E-state index in [9.17, 15) is 4.79 Å². The third-order valence-electron chi connectivity index (χ3n) is 5.43. The number of aryl methyl sites for hydroxylation is 3. The molecule has 0 saturated carbocycles. The summed E-state index contributed by atoms with van der Waals surface area (Å²) in [7, 11) is 3.91. The molecule has 4 aromatic rings. The largest absolute Gasteiger partial charge is 0.330 e. The predicted octanol–water partition coefficient (Wildman–Crippen LogP) is 3.16. The lowest BCUT2D eigenvalue weighted by Crippen LogP contribution is -2.31. The summed E-state index contributed by atoms with van der Waals surface area (Å²) in [6.45, 7) is 4.88. The van der Waals surface area contributed by atoms with Crippen LogP contribution in [0.5, 0.6) is 0 Å². The molecule has 148 valence electrons. The monoisotopic (exact) mass is 388 g/mol. The number of carbonyl (C=O) groups is 1. The van der Waals surface area contributed by atoms with Crippen molar-refractivity contribution >= 4 is 16.9 Å². The molecule has 0 radical (unpaired) electrons. The van der Waals surface area contributed by atoms with Gasteiger partial charge in [-0.2, -0.15) is 5.10 Å². The van der Waals surface area contributed by atoms with E-state index in [0.717, 1.165) is 33.8 Å². The van der Waals surface area contributed by atoms with Crippen LogP contribution in [0.1, 0.15) is 33.1 Å². The van der Waals surface area contributed by atoms with E-state index in [4.69, 9.17) is 4.98 Å². The van der Waals surface area contributed by atoms with Crippen LogP contribution in [0.25, 0.3) is 11.0 Å². The quantitative estimate of drug-likeness (QED) is 0.527. The average Bonchev–Trinajstić information content (AvgIpc) is 3.18. The molecule has 0 aliphatic rings. The van der Waals surface area contributed by atoms with Crippen LogP contribution >= 0.6 is 0 Å². The summed E-state index contributed by atoms with van der Waals surface area (Å²) in [4.78, 5) is 24.0. The van der Waals surface area contributed by atoms with Crippen molar-refractivity contribution < 1.29 is 4.79 Å². The minimum absolute atomic E-state index is 0.0536. The van der Waals surface area contributed by atoms with Gasteiger partial charge in [0.25, 0.3) is 5.91 Å². The van der Waals surface area contributed by atoms with Gasteiger partial charge < -0.3 is 9.47 Å². The van der Waals surface area contributed by atoms with Crippen molar-refractivity contribution in [3.05, 3.63) is 77.1 Å². The molecule has 0 bridgehead atoms. The SMILES string of the molecule is Cc1nn(C)c(C)c1CN(Cc1nc2ccccc2n1C)C(=O)c1ccncc1. The number of para-hydroxylation sites is 2. The number of nitrogens with zero attached hydrogens (tertiary/aromatic N) is 6. The zero-order chi connectivity index (χ0) is 20.5. The molecular formula is C22H24N6O. The van der Waals surface area contributed by atoms with E-state index in [-0.39, 0.29) is 5.91 Å². The van der Waals surface area contributed by atoms with Gasteiger partial charge in [0, 0.05) is 43.3 Å². The van der Waals surface area contributed by atoms with Crippen LogP contribution in [0.3, 0.4) is 0 Å². The van der Waals surface area contributed by atoms with Gasteiger partial charge in [-0.3, -0.25) is 14.5 Å². The minimum atomic E-state index is -0.0536. The Kier molecular flexibility index (Phi) is 4.88. The van der Waals surface area contributed by atoms with Gasteiger partial charge >= 0.3 is 0 Å². The van der Waals surface area contributed by atoms with Gasteiger partial charge in [-0.15, -0.1) is 0 Å². The molecule has 0 aliphatic carbocycles. The number of fused-ring (bicyclic) bond motifs is 1. The number of pyridine rings is 1. The lowest BCUT2D eigenvalue weighted by Gasteiger charge is -2.23. The maximum absolute atomic E-state index is 13.3. The van der Waals surface area contributed by atoms with Gasteiger partial charge in [0.05, 0.1) is 29.8 Å². The van der Waals surface area contributed by atoms with Crippen molar-refractivity contribution in [2.45, 2.75) is 26.9 Å². The minimum Gasteiger partial charge on any atom is -0.330 e. The molecule has 29 heavy (non-hydrogen) atoms. The van der Waals surface area contributed by atoms with Gasteiger partial charge in [-0.1, -0.05) is 12.1 Å². The van der Waals surface area contributed by atoms with E-state index in [0.29, 0.717) is 18.7 Å². The predicted molar refractivity (Wildman–Crippen MR) is 111 cm³/mol. The highest BCUT2D eigenvalue weighted by Crippen LogP contribution is 2.21. The molecule has 3 heterocycles. The fraction of sp³-hybridized carbons (Fsp3) is 0.273. The first kappa shape index (κ1) is 18.9. The van der Waals surface area contributed by atoms with E-state index in [2.05, 4.69) is 10.1 Å². The van der Waals surface area contributed by atoms with Gasteiger partial charge in [-0.05, 0) is 38.1 Å². The molecule has 0 N–H and O–H groups in total. The first-order chi connectivity index (χ1) is 14.0. The summed E-state index contributed by atoms with van der Waals surface area (Å²) in [5.74, 6) is 0.787. The molecule has 7 heteroatoms. The Hall–Kier alpha value is -3.48. The highest BCUT2D eigenvalue weighted by atomic mass is 16.2. The molecule has 4 rings (SSSR count). The third kappa shape index (κ3) is 3.51. The highest BCUT2D eigenvalue weighted by Gasteiger charge is 2.22. The van der Waals surface area contributed by atoms with Crippen LogP contribution < -0.4 is 0 Å². The van der Waals surface area contributed by atoms with E-state index in [1.165, 1.54) is 0 Å². The van der Waals surface area contributed by atoms with Gasteiger partial charge in [-0.25, -0.2) is 4.98 Å². The standard InChI is InChI=1S/C22H24N6O/c1-15-18(16(2)27(4)25-15)13-28(22(29)17-9-11-23-12-10-17)14-21-24-19-7-5-6-8-20(19)26(21)3/h5-12H,13-14H2,1-4H3. The van der Waals surface area contributed by atoms with E-state index < -0.39 is 0 Å². The molecule has 3 aromatic heterocycles. The van der Waals surface area contributed by atoms with Crippen molar-refractivity contribution in [2.24, 2.45) is 14.1 Å². The van der Waals surface area contributed by atoms with E-state index in [1.807, 2.05) is 66.4 Å². The zero-order valence-corrected chi connectivity index (χ0v) is 17.1. The molecule has 0 spiro atoms. The number of aromatic nitrogens is 5. The number of hydrogen-bond donors (Lipinski definition) is 0. The van der Waals surface area contributed by atoms with E-state index >= 15 is 0 Å². The summed E-state index contributed by atoms with van der Waals surface area (Å²) in [6.07, 6.45) is 3.28. The van der Waals surface area contributed by atoms with Gasteiger partial charge in [0.15, 0.2) is 0 Å².